The van der Waals surface area contributed by atoms with Crippen LogP contribution in [0.4, 0.5) is 4.39 Å². The number of hydrogen-bond donors (Lipinski definition) is 0. The molecule has 4 heteroatoms. The molecule has 0 radical (unpaired) electrons. The Kier molecular flexibility index (Phi) is 2.74. The van der Waals surface area contributed by atoms with Gasteiger partial charge in [-0.05, 0) is 41.1 Å². The zero-order chi connectivity index (χ0) is 10.3. The summed E-state index contributed by atoms with van der Waals surface area (Å²) >= 11 is 5.50. The SMILES string of the molecule is Cc1cc(Br)c2cncc(I)c2c1F. The van der Waals surface area contributed by atoms with E-state index in [0.717, 1.165) is 13.4 Å². The average molecular weight is 366 g/mol. The molecule has 0 fully saturated rings. The summed E-state index contributed by atoms with van der Waals surface area (Å²) in [6.45, 7) is 1.76. The number of nitrogens with zero attached hydrogens (tertiary/aromatic N) is 1. The van der Waals surface area contributed by atoms with Gasteiger partial charge in [-0.1, -0.05) is 15.9 Å². The third kappa shape index (κ3) is 1.54. The molecular formula is C10H6BrFIN. The van der Waals surface area contributed by atoms with E-state index in [4.69, 9.17) is 0 Å². The van der Waals surface area contributed by atoms with Crippen LogP contribution in [0.25, 0.3) is 10.8 Å². The van der Waals surface area contributed by atoms with E-state index in [-0.39, 0.29) is 5.82 Å². The maximum atomic E-state index is 13.8. The highest BCUT2D eigenvalue weighted by atomic mass is 127. The van der Waals surface area contributed by atoms with Crippen molar-refractivity contribution in [3.63, 3.8) is 0 Å². The van der Waals surface area contributed by atoms with Crippen LogP contribution >= 0.6 is 38.5 Å². The van der Waals surface area contributed by atoms with Gasteiger partial charge in [0.1, 0.15) is 5.82 Å². The summed E-state index contributed by atoms with van der Waals surface area (Å²) in [5.74, 6) is -0.157. The first-order valence-corrected chi connectivity index (χ1v) is 5.86. The van der Waals surface area contributed by atoms with Gasteiger partial charge < -0.3 is 0 Å². The maximum Gasteiger partial charge on any atom is 0.135 e. The molecule has 0 spiro atoms. The summed E-state index contributed by atoms with van der Waals surface area (Å²) in [6.07, 6.45) is 3.34. The highest BCUT2D eigenvalue weighted by molar-refractivity contribution is 14.1. The van der Waals surface area contributed by atoms with Crippen LogP contribution in [0, 0.1) is 16.3 Å². The van der Waals surface area contributed by atoms with Crippen molar-refractivity contribution in [1.29, 1.82) is 0 Å². The monoisotopic (exact) mass is 365 g/mol. The number of aromatic nitrogens is 1. The largest absolute Gasteiger partial charge is 0.263 e. The molecule has 14 heavy (non-hydrogen) atoms. The fourth-order valence-electron chi connectivity index (χ4n) is 1.37. The Morgan fingerprint density at radius 2 is 2.14 bits per heavy atom. The van der Waals surface area contributed by atoms with Gasteiger partial charge in [-0.2, -0.15) is 0 Å². The summed E-state index contributed by atoms with van der Waals surface area (Å²) in [6, 6.07) is 1.77. The molecule has 1 aromatic heterocycles. The number of fused-ring (bicyclic) bond motifs is 1. The van der Waals surface area contributed by atoms with E-state index in [1.165, 1.54) is 0 Å². The summed E-state index contributed by atoms with van der Waals surface area (Å²) in [5.41, 5.74) is 0.647. The number of pyridine rings is 1. The van der Waals surface area contributed by atoms with Crippen molar-refractivity contribution in [3.8, 4) is 0 Å². The van der Waals surface area contributed by atoms with E-state index in [2.05, 4.69) is 43.5 Å². The number of rotatable bonds is 0. The highest BCUT2D eigenvalue weighted by Gasteiger charge is 2.10. The molecule has 1 aromatic carbocycles. The number of aryl methyl sites for hydroxylation is 1. The molecular weight excluding hydrogens is 360 g/mol. The van der Waals surface area contributed by atoms with Gasteiger partial charge in [0.15, 0.2) is 0 Å². The second-order valence-electron chi connectivity index (χ2n) is 3.03. The Hall–Kier alpha value is -0.230. The van der Waals surface area contributed by atoms with Crippen molar-refractivity contribution >= 4 is 49.3 Å². The Morgan fingerprint density at radius 3 is 2.86 bits per heavy atom. The zero-order valence-electron chi connectivity index (χ0n) is 7.31. The van der Waals surface area contributed by atoms with Crippen LogP contribution in [-0.2, 0) is 0 Å². The second-order valence-corrected chi connectivity index (χ2v) is 5.05. The van der Waals surface area contributed by atoms with Gasteiger partial charge in [0, 0.05) is 31.2 Å². The molecule has 0 unspecified atom stereocenters. The van der Waals surface area contributed by atoms with Crippen LogP contribution < -0.4 is 0 Å². The molecule has 0 amide bonds. The van der Waals surface area contributed by atoms with E-state index in [1.807, 2.05) is 0 Å². The standard InChI is InChI=1S/C10H6BrFIN/c1-5-2-7(11)6-3-14-4-8(13)9(6)10(5)12/h2-4H,1H3. The van der Waals surface area contributed by atoms with E-state index < -0.39 is 0 Å². The minimum atomic E-state index is -0.157. The van der Waals surface area contributed by atoms with Crippen molar-refractivity contribution in [3.05, 3.63) is 37.9 Å². The zero-order valence-corrected chi connectivity index (χ0v) is 11.1. The molecule has 1 nitrogen and oxygen atoms in total. The van der Waals surface area contributed by atoms with Crippen LogP contribution in [0.2, 0.25) is 0 Å². The fraction of sp³-hybridized carbons (Fsp3) is 0.100. The van der Waals surface area contributed by atoms with Crippen molar-refractivity contribution in [2.24, 2.45) is 0 Å². The molecule has 1 heterocycles. The number of halogens is 3. The molecule has 0 saturated heterocycles. The van der Waals surface area contributed by atoms with Crippen LogP contribution in [0.1, 0.15) is 5.56 Å². The minimum Gasteiger partial charge on any atom is -0.263 e. The normalized spacial score (nSPS) is 10.9. The predicted molar refractivity (Wildman–Crippen MR) is 66.9 cm³/mol. The van der Waals surface area contributed by atoms with Crippen LogP contribution in [0.5, 0.6) is 0 Å². The lowest BCUT2D eigenvalue weighted by Crippen LogP contribution is -1.90. The van der Waals surface area contributed by atoms with E-state index in [9.17, 15) is 4.39 Å². The predicted octanol–water partition coefficient (Wildman–Crippen LogP) is 4.05. The van der Waals surface area contributed by atoms with Gasteiger partial charge in [0.05, 0.1) is 0 Å². The summed E-state index contributed by atoms with van der Waals surface area (Å²) in [7, 11) is 0. The lowest BCUT2D eigenvalue weighted by Gasteiger charge is -2.06. The van der Waals surface area contributed by atoms with E-state index in [1.54, 1.807) is 25.4 Å². The Bertz CT molecular complexity index is 513. The van der Waals surface area contributed by atoms with E-state index in [0.29, 0.717) is 10.9 Å². The molecule has 0 atom stereocenters. The van der Waals surface area contributed by atoms with Crippen molar-refractivity contribution in [2.45, 2.75) is 6.92 Å². The molecule has 0 aliphatic heterocycles. The van der Waals surface area contributed by atoms with Gasteiger partial charge >= 0.3 is 0 Å². The summed E-state index contributed by atoms with van der Waals surface area (Å²) in [5, 5.41) is 1.47. The molecule has 72 valence electrons. The Morgan fingerprint density at radius 1 is 1.43 bits per heavy atom. The lowest BCUT2D eigenvalue weighted by atomic mass is 10.1. The third-order valence-electron chi connectivity index (χ3n) is 2.07. The summed E-state index contributed by atoms with van der Waals surface area (Å²) < 4.78 is 15.5. The van der Waals surface area contributed by atoms with Crippen LogP contribution in [-0.4, -0.2) is 4.98 Å². The summed E-state index contributed by atoms with van der Waals surface area (Å²) in [4.78, 5) is 4.04. The number of hydrogen-bond acceptors (Lipinski definition) is 1. The molecule has 2 aromatic rings. The first-order chi connectivity index (χ1) is 6.61. The van der Waals surface area contributed by atoms with Gasteiger partial charge in [-0.25, -0.2) is 4.39 Å². The van der Waals surface area contributed by atoms with Gasteiger partial charge in [-0.3, -0.25) is 4.98 Å². The van der Waals surface area contributed by atoms with E-state index >= 15 is 0 Å². The maximum absolute atomic E-state index is 13.8. The Balaban J connectivity index is 3.03. The second kappa shape index (κ2) is 3.73. The van der Waals surface area contributed by atoms with Gasteiger partial charge in [0.25, 0.3) is 0 Å². The van der Waals surface area contributed by atoms with Crippen molar-refractivity contribution in [2.75, 3.05) is 0 Å². The van der Waals surface area contributed by atoms with Gasteiger partial charge in [-0.15, -0.1) is 0 Å². The molecule has 0 N–H and O–H groups in total. The molecule has 0 aliphatic carbocycles. The number of benzene rings is 1. The molecule has 0 bridgehead atoms. The van der Waals surface area contributed by atoms with Crippen molar-refractivity contribution < 1.29 is 4.39 Å². The topological polar surface area (TPSA) is 12.9 Å². The van der Waals surface area contributed by atoms with Crippen molar-refractivity contribution in [1.82, 2.24) is 4.98 Å². The first-order valence-electron chi connectivity index (χ1n) is 3.99. The van der Waals surface area contributed by atoms with Crippen LogP contribution in [0.3, 0.4) is 0 Å². The minimum absolute atomic E-state index is 0.157. The quantitative estimate of drug-likeness (QED) is 0.642. The Labute approximate surface area is 103 Å². The molecule has 2 rings (SSSR count). The fourth-order valence-corrected chi connectivity index (χ4v) is 2.70. The van der Waals surface area contributed by atoms with Crippen LogP contribution in [0.15, 0.2) is 22.9 Å². The average Bonchev–Trinajstić information content (AvgIpc) is 2.14. The third-order valence-corrected chi connectivity index (χ3v) is 3.54. The molecule has 0 aliphatic rings. The van der Waals surface area contributed by atoms with Gasteiger partial charge in [0.2, 0.25) is 0 Å². The highest BCUT2D eigenvalue weighted by Crippen LogP contribution is 2.30. The lowest BCUT2D eigenvalue weighted by molar-refractivity contribution is 0.630. The molecule has 0 saturated carbocycles. The smallest absolute Gasteiger partial charge is 0.135 e. The first kappa shape index (κ1) is 10.3.